The summed E-state index contributed by atoms with van der Waals surface area (Å²) in [6.07, 6.45) is -0.528. The van der Waals surface area contributed by atoms with Crippen LogP contribution in [0.4, 0.5) is 16.2 Å². The molecule has 0 unspecified atom stereocenters. The van der Waals surface area contributed by atoms with Gasteiger partial charge in [-0.1, -0.05) is 35.8 Å². The average molecular weight is 485 g/mol. The van der Waals surface area contributed by atoms with Gasteiger partial charge in [0.15, 0.2) is 0 Å². The number of hydrogen-bond acceptors (Lipinski definition) is 4. The highest BCUT2D eigenvalue weighted by molar-refractivity contribution is 9.10. The molecule has 162 valence electrons. The number of benzene rings is 2. The Hall–Kier alpha value is -3.13. The van der Waals surface area contributed by atoms with E-state index in [1.54, 1.807) is 35.9 Å². The van der Waals surface area contributed by atoms with E-state index in [1.807, 2.05) is 45.0 Å². The number of halogens is 1. The van der Waals surface area contributed by atoms with E-state index < -0.39 is 6.09 Å². The van der Waals surface area contributed by atoms with Crippen LogP contribution in [0, 0.1) is 19.8 Å². The first-order valence-electron chi connectivity index (χ1n) is 9.92. The van der Waals surface area contributed by atoms with Gasteiger partial charge in [0.25, 0.3) is 5.91 Å². The van der Waals surface area contributed by atoms with Gasteiger partial charge in [-0.25, -0.2) is 9.48 Å². The molecule has 0 saturated heterocycles. The van der Waals surface area contributed by atoms with Crippen molar-refractivity contribution in [1.29, 1.82) is 0 Å². The van der Waals surface area contributed by atoms with Crippen molar-refractivity contribution in [3.05, 3.63) is 70.0 Å². The van der Waals surface area contributed by atoms with Crippen molar-refractivity contribution in [1.82, 2.24) is 9.78 Å². The molecule has 31 heavy (non-hydrogen) atoms. The van der Waals surface area contributed by atoms with Gasteiger partial charge in [-0.15, -0.1) is 0 Å². The fourth-order valence-corrected chi connectivity index (χ4v) is 3.33. The minimum absolute atomic E-state index is 0.251. The van der Waals surface area contributed by atoms with E-state index in [0.717, 1.165) is 15.9 Å². The van der Waals surface area contributed by atoms with E-state index in [2.05, 4.69) is 31.7 Å². The normalized spacial score (nSPS) is 10.8. The molecule has 8 heteroatoms. The molecule has 0 saturated carbocycles. The topological polar surface area (TPSA) is 85.3 Å². The summed E-state index contributed by atoms with van der Waals surface area (Å²) in [5, 5.41) is 10.1. The fraction of sp³-hybridized carbons (Fsp3) is 0.261. The highest BCUT2D eigenvalue weighted by atomic mass is 79.9. The van der Waals surface area contributed by atoms with Gasteiger partial charge in [0.1, 0.15) is 0 Å². The quantitative estimate of drug-likeness (QED) is 0.469. The molecule has 0 bridgehead atoms. The second-order valence-electron chi connectivity index (χ2n) is 7.59. The lowest BCUT2D eigenvalue weighted by Gasteiger charge is -2.11. The molecule has 1 heterocycles. The number of carbonyl (C=O) groups is 2. The van der Waals surface area contributed by atoms with Crippen molar-refractivity contribution < 1.29 is 14.3 Å². The molecule has 1 aromatic heterocycles. The third kappa shape index (κ3) is 5.73. The van der Waals surface area contributed by atoms with E-state index in [9.17, 15) is 9.59 Å². The summed E-state index contributed by atoms with van der Waals surface area (Å²) >= 11 is 3.42. The first-order valence-corrected chi connectivity index (χ1v) is 10.7. The number of anilines is 2. The lowest BCUT2D eigenvalue weighted by Crippen LogP contribution is -2.17. The molecule has 0 spiro atoms. The number of rotatable bonds is 6. The lowest BCUT2D eigenvalue weighted by atomic mass is 10.1. The summed E-state index contributed by atoms with van der Waals surface area (Å²) in [5.74, 6) is -0.0147. The van der Waals surface area contributed by atoms with E-state index >= 15 is 0 Å². The largest absolute Gasteiger partial charge is 0.449 e. The Morgan fingerprint density at radius 2 is 1.71 bits per heavy atom. The van der Waals surface area contributed by atoms with E-state index in [4.69, 9.17) is 4.74 Å². The smallest absolute Gasteiger partial charge is 0.411 e. The molecular weight excluding hydrogens is 460 g/mol. The van der Waals surface area contributed by atoms with Gasteiger partial charge < -0.3 is 10.1 Å². The zero-order valence-electron chi connectivity index (χ0n) is 17.9. The Kier molecular flexibility index (Phi) is 7.12. The lowest BCUT2D eigenvalue weighted by molar-refractivity contribution is 0.102. The van der Waals surface area contributed by atoms with Crippen molar-refractivity contribution in [2.45, 2.75) is 27.7 Å². The molecule has 0 aliphatic heterocycles. The van der Waals surface area contributed by atoms with Gasteiger partial charge in [-0.05, 0) is 62.2 Å². The Morgan fingerprint density at radius 1 is 1.06 bits per heavy atom. The number of amides is 2. The van der Waals surface area contributed by atoms with Gasteiger partial charge in [0.2, 0.25) is 0 Å². The maximum atomic E-state index is 13.0. The number of ether oxygens (including phenoxy) is 1. The van der Waals surface area contributed by atoms with Crippen LogP contribution in [0.15, 0.2) is 53.0 Å². The van der Waals surface area contributed by atoms with Crippen LogP contribution >= 0.6 is 15.9 Å². The third-order valence-corrected chi connectivity index (χ3v) is 5.03. The van der Waals surface area contributed by atoms with Crippen LogP contribution < -0.4 is 10.6 Å². The molecular formula is C23H25BrN4O3. The summed E-state index contributed by atoms with van der Waals surface area (Å²) in [6.45, 7) is 7.93. The molecule has 0 aliphatic rings. The van der Waals surface area contributed by atoms with Gasteiger partial charge in [0.05, 0.1) is 29.2 Å². The molecule has 0 aliphatic carbocycles. The highest BCUT2D eigenvalue weighted by Gasteiger charge is 2.20. The summed E-state index contributed by atoms with van der Waals surface area (Å²) in [5.41, 5.74) is 3.84. The van der Waals surface area contributed by atoms with Crippen LogP contribution in [0.1, 0.15) is 35.6 Å². The van der Waals surface area contributed by atoms with Crippen molar-refractivity contribution in [2.75, 3.05) is 17.2 Å². The first kappa shape index (κ1) is 22.6. The number of nitrogens with zero attached hydrogens (tertiary/aromatic N) is 2. The second kappa shape index (κ2) is 9.78. The van der Waals surface area contributed by atoms with Crippen molar-refractivity contribution in [3.63, 3.8) is 0 Å². The first-order chi connectivity index (χ1) is 14.7. The molecule has 2 amide bonds. The number of nitrogens with one attached hydrogen (secondary N) is 2. The van der Waals surface area contributed by atoms with Crippen LogP contribution in [-0.4, -0.2) is 28.4 Å². The van der Waals surface area contributed by atoms with Crippen molar-refractivity contribution >= 4 is 39.3 Å². The average Bonchev–Trinajstić information content (AvgIpc) is 3.01. The summed E-state index contributed by atoms with van der Waals surface area (Å²) < 4.78 is 7.85. The van der Waals surface area contributed by atoms with Crippen LogP contribution in [0.2, 0.25) is 0 Å². The van der Waals surface area contributed by atoms with Crippen LogP contribution in [0.25, 0.3) is 5.69 Å². The van der Waals surface area contributed by atoms with E-state index in [-0.39, 0.29) is 11.8 Å². The predicted molar refractivity (Wildman–Crippen MR) is 125 cm³/mol. The second-order valence-corrected chi connectivity index (χ2v) is 8.50. The van der Waals surface area contributed by atoms with Crippen molar-refractivity contribution in [2.24, 2.45) is 5.92 Å². The summed E-state index contributed by atoms with van der Waals surface area (Å²) in [7, 11) is 0. The molecule has 7 nitrogen and oxygen atoms in total. The molecule has 3 aromatic rings. The number of aryl methyl sites for hydroxylation is 1. The van der Waals surface area contributed by atoms with Crippen LogP contribution in [-0.2, 0) is 4.74 Å². The van der Waals surface area contributed by atoms with Gasteiger partial charge >= 0.3 is 6.09 Å². The summed E-state index contributed by atoms with van der Waals surface area (Å²) in [4.78, 5) is 24.9. The maximum Gasteiger partial charge on any atom is 0.411 e. The van der Waals surface area contributed by atoms with E-state index in [0.29, 0.717) is 29.2 Å². The van der Waals surface area contributed by atoms with Crippen molar-refractivity contribution in [3.8, 4) is 5.69 Å². The molecule has 2 N–H and O–H groups in total. The number of carbonyl (C=O) groups excluding carboxylic acids is 2. The molecule has 0 fully saturated rings. The molecule has 2 aromatic carbocycles. The Labute approximate surface area is 189 Å². The molecule has 3 rings (SSSR count). The van der Waals surface area contributed by atoms with Gasteiger partial charge in [0, 0.05) is 15.8 Å². The molecule has 0 radical (unpaired) electrons. The van der Waals surface area contributed by atoms with Gasteiger partial charge in [-0.3, -0.25) is 10.1 Å². The number of aromatic nitrogens is 2. The zero-order chi connectivity index (χ0) is 22.5. The standard InChI is InChI=1S/C23H25BrN4O3/c1-14(2)13-31-23(30)26-19-7-5-6-18(12-19)25-22(29)21-15(3)27-28(16(21)4)20-10-8-17(24)9-11-20/h5-12,14H,13H2,1-4H3,(H,25,29)(H,26,30). The molecule has 0 atom stereocenters. The Bertz CT molecular complexity index is 1090. The Balaban J connectivity index is 1.75. The SMILES string of the molecule is Cc1nn(-c2ccc(Br)cc2)c(C)c1C(=O)Nc1cccc(NC(=O)OCC(C)C)c1. The third-order valence-electron chi connectivity index (χ3n) is 4.50. The Morgan fingerprint density at radius 3 is 2.35 bits per heavy atom. The highest BCUT2D eigenvalue weighted by Crippen LogP contribution is 2.22. The van der Waals surface area contributed by atoms with Crippen LogP contribution in [0.3, 0.4) is 0 Å². The van der Waals surface area contributed by atoms with E-state index in [1.165, 1.54) is 0 Å². The predicted octanol–water partition coefficient (Wildman–Crippen LogP) is 5.71. The zero-order valence-corrected chi connectivity index (χ0v) is 19.5. The fourth-order valence-electron chi connectivity index (χ4n) is 3.07. The maximum absolute atomic E-state index is 13.0. The minimum Gasteiger partial charge on any atom is -0.449 e. The van der Waals surface area contributed by atoms with Gasteiger partial charge in [-0.2, -0.15) is 5.10 Å². The summed E-state index contributed by atoms with van der Waals surface area (Å²) in [6, 6.07) is 14.6. The monoisotopic (exact) mass is 484 g/mol. The minimum atomic E-state index is -0.528. The number of hydrogen-bond donors (Lipinski definition) is 2. The van der Waals surface area contributed by atoms with Crippen LogP contribution in [0.5, 0.6) is 0 Å².